The molecule has 3 heteroatoms. The van der Waals surface area contributed by atoms with Crippen LogP contribution in [0.3, 0.4) is 0 Å². The Balaban J connectivity index is 2.28. The van der Waals surface area contributed by atoms with Crippen molar-refractivity contribution in [2.24, 2.45) is 0 Å². The SMILES string of the molecule is CO[N+]1(C)CO1. The zero-order chi connectivity index (χ0) is 4.62. The van der Waals surface area contributed by atoms with Gasteiger partial charge in [0.1, 0.15) is 7.05 Å². The molecule has 1 unspecified atom stereocenters. The smallest absolute Gasteiger partial charge is 0.169 e. The van der Waals surface area contributed by atoms with E-state index >= 15 is 0 Å². The molecule has 1 saturated heterocycles. The summed E-state index contributed by atoms with van der Waals surface area (Å²) in [6, 6.07) is 0. The van der Waals surface area contributed by atoms with Crippen molar-refractivity contribution in [3.8, 4) is 0 Å². The Kier molecular flexibility index (Phi) is 0.629. The van der Waals surface area contributed by atoms with Crippen LogP contribution in [0.5, 0.6) is 0 Å². The normalized spacial score (nSPS) is 43.0. The third-order valence-corrected chi connectivity index (χ3v) is 0.879. The first-order chi connectivity index (χ1) is 2.77. The van der Waals surface area contributed by atoms with E-state index in [1.807, 2.05) is 7.05 Å². The molecule has 0 saturated carbocycles. The Labute approximate surface area is 36.6 Å². The molecule has 0 bridgehead atoms. The second kappa shape index (κ2) is 0.932. The molecule has 0 amide bonds. The molecule has 1 rings (SSSR count). The van der Waals surface area contributed by atoms with Gasteiger partial charge in [0.2, 0.25) is 0 Å². The molecule has 6 heavy (non-hydrogen) atoms. The van der Waals surface area contributed by atoms with Crippen LogP contribution in [0.2, 0.25) is 0 Å². The van der Waals surface area contributed by atoms with Gasteiger partial charge in [0, 0.05) is 0 Å². The highest BCUT2D eigenvalue weighted by Crippen LogP contribution is 2.17. The van der Waals surface area contributed by atoms with Gasteiger partial charge in [-0.1, -0.05) is 4.84 Å². The van der Waals surface area contributed by atoms with Crippen molar-refractivity contribution in [2.45, 2.75) is 0 Å². The Hall–Kier alpha value is -0.120. The summed E-state index contributed by atoms with van der Waals surface area (Å²) in [6.07, 6.45) is 0. The molecule has 1 aliphatic heterocycles. The molecule has 36 valence electrons. The Morgan fingerprint density at radius 3 is 2.33 bits per heavy atom. The molecular weight excluding hydrogens is 82.0 g/mol. The third-order valence-electron chi connectivity index (χ3n) is 0.879. The number of quaternary nitrogens is 1. The van der Waals surface area contributed by atoms with Crippen molar-refractivity contribution in [1.82, 2.24) is 0 Å². The first kappa shape index (κ1) is 4.05. The fourth-order valence-electron chi connectivity index (χ4n) is 0.187. The molecule has 1 heterocycles. The molecule has 0 aromatic rings. The fourth-order valence-corrected chi connectivity index (χ4v) is 0.187. The average molecular weight is 90.1 g/mol. The summed E-state index contributed by atoms with van der Waals surface area (Å²) in [5, 5.41) is 0. The molecule has 0 aliphatic carbocycles. The van der Waals surface area contributed by atoms with Gasteiger partial charge in [0.25, 0.3) is 6.73 Å². The summed E-state index contributed by atoms with van der Waals surface area (Å²) in [5.74, 6) is 0. The quantitative estimate of drug-likeness (QED) is 0.331. The van der Waals surface area contributed by atoms with Crippen LogP contribution in [-0.4, -0.2) is 25.7 Å². The van der Waals surface area contributed by atoms with Gasteiger partial charge in [-0.3, -0.25) is 0 Å². The maximum atomic E-state index is 4.76. The van der Waals surface area contributed by atoms with Crippen LogP contribution in [-0.2, 0) is 9.68 Å². The second-order valence-corrected chi connectivity index (χ2v) is 1.45. The van der Waals surface area contributed by atoms with Gasteiger partial charge in [-0.2, -0.15) is 4.84 Å². The molecule has 0 aromatic heterocycles. The van der Waals surface area contributed by atoms with Crippen LogP contribution in [0.4, 0.5) is 0 Å². The lowest BCUT2D eigenvalue weighted by Crippen LogP contribution is -2.15. The molecule has 1 fully saturated rings. The third kappa shape index (κ3) is 0.518. The Morgan fingerprint density at radius 1 is 1.83 bits per heavy atom. The number of hydrogen-bond acceptors (Lipinski definition) is 2. The lowest BCUT2D eigenvalue weighted by molar-refractivity contribution is -1.07. The van der Waals surface area contributed by atoms with E-state index in [0.717, 1.165) is 0 Å². The summed E-state index contributed by atoms with van der Waals surface area (Å²) in [4.78, 5) is 9.84. The van der Waals surface area contributed by atoms with Crippen LogP contribution in [0.1, 0.15) is 0 Å². The topological polar surface area (TPSA) is 21.8 Å². The maximum Gasteiger partial charge on any atom is 0.299 e. The van der Waals surface area contributed by atoms with E-state index in [9.17, 15) is 0 Å². The predicted octanol–water partition coefficient (Wildman–Crippen LogP) is -0.103. The van der Waals surface area contributed by atoms with Crippen molar-refractivity contribution in [1.29, 1.82) is 0 Å². The minimum atomic E-state index is 0.319. The minimum absolute atomic E-state index is 0.319. The summed E-state index contributed by atoms with van der Waals surface area (Å²) in [6.45, 7) is 0.691. The largest absolute Gasteiger partial charge is 0.299 e. The van der Waals surface area contributed by atoms with E-state index in [4.69, 9.17) is 9.68 Å². The van der Waals surface area contributed by atoms with Gasteiger partial charge in [-0.05, 0) is 4.81 Å². The van der Waals surface area contributed by atoms with Crippen LogP contribution in [0.25, 0.3) is 0 Å². The van der Waals surface area contributed by atoms with Gasteiger partial charge in [0.15, 0.2) is 0 Å². The second-order valence-electron chi connectivity index (χ2n) is 1.45. The Bertz CT molecular complexity index is 59.8. The number of nitrogens with zero attached hydrogens (tertiary/aromatic N) is 1. The average Bonchev–Trinajstić information content (AvgIpc) is 2.22. The first-order valence-electron chi connectivity index (χ1n) is 1.83. The van der Waals surface area contributed by atoms with Gasteiger partial charge in [-0.25, -0.2) is 0 Å². The fraction of sp³-hybridized carbons (Fsp3) is 1.00. The summed E-state index contributed by atoms with van der Waals surface area (Å²) < 4.78 is 0. The van der Waals surface area contributed by atoms with Gasteiger partial charge in [-0.15, -0.1) is 0 Å². The standard InChI is InChI=1S/C3H8NO2/c1-4(5-2)3-6-4/h3H2,1-2H3/q+1. The van der Waals surface area contributed by atoms with E-state index in [1.54, 1.807) is 7.11 Å². The minimum Gasteiger partial charge on any atom is -0.169 e. The molecule has 0 radical (unpaired) electrons. The highest BCUT2D eigenvalue weighted by Gasteiger charge is 2.42. The molecule has 1 atom stereocenters. The Morgan fingerprint density at radius 2 is 2.33 bits per heavy atom. The van der Waals surface area contributed by atoms with Gasteiger partial charge < -0.3 is 0 Å². The first-order valence-corrected chi connectivity index (χ1v) is 1.83. The van der Waals surface area contributed by atoms with Crippen LogP contribution in [0, 0.1) is 0 Å². The molecule has 0 spiro atoms. The lowest BCUT2D eigenvalue weighted by atomic mass is 11.2. The van der Waals surface area contributed by atoms with Crippen LogP contribution < -0.4 is 0 Å². The van der Waals surface area contributed by atoms with Crippen LogP contribution in [0.15, 0.2) is 0 Å². The summed E-state index contributed by atoms with van der Waals surface area (Å²) in [5.41, 5.74) is 0. The zero-order valence-electron chi connectivity index (χ0n) is 3.97. The maximum absolute atomic E-state index is 4.76. The number of hydroxylamine groups is 4. The van der Waals surface area contributed by atoms with E-state index < -0.39 is 0 Å². The summed E-state index contributed by atoms with van der Waals surface area (Å²) >= 11 is 0. The molecule has 3 nitrogen and oxygen atoms in total. The van der Waals surface area contributed by atoms with E-state index in [-0.39, 0.29) is 0 Å². The van der Waals surface area contributed by atoms with Gasteiger partial charge in [0.05, 0.1) is 7.11 Å². The van der Waals surface area contributed by atoms with E-state index in [1.165, 1.54) is 0 Å². The molecule has 1 aliphatic rings. The van der Waals surface area contributed by atoms with E-state index in [0.29, 0.717) is 11.5 Å². The summed E-state index contributed by atoms with van der Waals surface area (Å²) in [7, 11) is 3.47. The van der Waals surface area contributed by atoms with Gasteiger partial charge >= 0.3 is 0 Å². The van der Waals surface area contributed by atoms with E-state index in [2.05, 4.69) is 0 Å². The van der Waals surface area contributed by atoms with Crippen molar-refractivity contribution in [3.63, 3.8) is 0 Å². The van der Waals surface area contributed by atoms with Crippen molar-refractivity contribution in [3.05, 3.63) is 0 Å². The highest BCUT2D eigenvalue weighted by atomic mass is 17.1. The van der Waals surface area contributed by atoms with Crippen molar-refractivity contribution < 1.29 is 14.5 Å². The molecule has 0 aromatic carbocycles. The number of hydrogen-bond donors (Lipinski definition) is 0. The highest BCUT2D eigenvalue weighted by molar-refractivity contribution is 3.98. The predicted molar refractivity (Wildman–Crippen MR) is 19.1 cm³/mol. The van der Waals surface area contributed by atoms with Crippen molar-refractivity contribution in [2.75, 3.05) is 20.9 Å². The van der Waals surface area contributed by atoms with Crippen molar-refractivity contribution >= 4 is 0 Å². The monoisotopic (exact) mass is 90.1 g/mol. The lowest BCUT2D eigenvalue weighted by Gasteiger charge is -1.94. The number of rotatable bonds is 1. The zero-order valence-corrected chi connectivity index (χ0v) is 3.97. The van der Waals surface area contributed by atoms with Crippen LogP contribution >= 0.6 is 0 Å². The molecule has 0 N–H and O–H groups in total. The molecular formula is C3H8NO2+.